The Hall–Kier alpha value is -0.160. The molecule has 0 aliphatic heterocycles. The van der Waals surface area contributed by atoms with Crippen molar-refractivity contribution in [3.05, 3.63) is 0 Å². The van der Waals surface area contributed by atoms with Gasteiger partial charge in [-0.2, -0.15) is 0 Å². The van der Waals surface area contributed by atoms with Crippen molar-refractivity contribution < 1.29 is 14.6 Å². The van der Waals surface area contributed by atoms with Gasteiger partial charge in [0.2, 0.25) is 0 Å². The minimum absolute atomic E-state index is 0.380. The second kappa shape index (κ2) is 9.83. The molecule has 4 heteroatoms. The van der Waals surface area contributed by atoms with Gasteiger partial charge >= 0.3 is 0 Å². The quantitative estimate of drug-likeness (QED) is 0.592. The van der Waals surface area contributed by atoms with Gasteiger partial charge in [-0.3, -0.25) is 4.90 Å². The number of hydrogen-bond acceptors (Lipinski definition) is 4. The average Bonchev–Trinajstić information content (AvgIpc) is 2.22. The van der Waals surface area contributed by atoms with Gasteiger partial charge in [-0.25, -0.2) is 0 Å². The van der Waals surface area contributed by atoms with Gasteiger partial charge in [-0.1, -0.05) is 13.8 Å². The maximum atomic E-state index is 9.87. The molecule has 17 heavy (non-hydrogen) atoms. The number of nitrogens with zero attached hydrogens (tertiary/aromatic N) is 1. The van der Waals surface area contributed by atoms with Crippen molar-refractivity contribution in [3.63, 3.8) is 0 Å². The number of hydrogen-bond donors (Lipinski definition) is 1. The largest absolute Gasteiger partial charge is 0.389 e. The Morgan fingerprint density at radius 1 is 1.06 bits per heavy atom. The van der Waals surface area contributed by atoms with Gasteiger partial charge in [-0.15, -0.1) is 0 Å². The molecule has 4 nitrogen and oxygen atoms in total. The predicted octanol–water partition coefficient (Wildman–Crippen LogP) is 1.38. The van der Waals surface area contributed by atoms with Gasteiger partial charge in [-0.05, 0) is 19.8 Å². The molecule has 0 radical (unpaired) electrons. The lowest BCUT2D eigenvalue weighted by Gasteiger charge is -2.30. The first-order valence-corrected chi connectivity index (χ1v) is 6.46. The van der Waals surface area contributed by atoms with Gasteiger partial charge < -0.3 is 14.6 Å². The van der Waals surface area contributed by atoms with Crippen LogP contribution in [0.1, 0.15) is 27.7 Å². The fraction of sp³-hybridized carbons (Fsp3) is 1.00. The highest BCUT2D eigenvalue weighted by molar-refractivity contribution is 4.69. The molecule has 0 saturated heterocycles. The third-order valence-corrected chi connectivity index (χ3v) is 2.52. The van der Waals surface area contributed by atoms with E-state index in [9.17, 15) is 5.11 Å². The number of methoxy groups -OCH3 is 1. The zero-order chi connectivity index (χ0) is 13.3. The summed E-state index contributed by atoms with van der Waals surface area (Å²) in [6.45, 7) is 11.9. The summed E-state index contributed by atoms with van der Waals surface area (Å²) in [4.78, 5) is 2.29. The van der Waals surface area contributed by atoms with Crippen molar-refractivity contribution in [2.24, 2.45) is 5.92 Å². The standard InChI is InChI=1S/C13H29NO3/c1-11(2)8-14(12(3)4)9-13(15)10-17-7-6-16-5/h11-13,15H,6-10H2,1-5H3. The van der Waals surface area contributed by atoms with Crippen molar-refractivity contribution in [2.75, 3.05) is 40.0 Å². The van der Waals surface area contributed by atoms with E-state index in [2.05, 4.69) is 32.6 Å². The molecule has 0 aliphatic rings. The van der Waals surface area contributed by atoms with Gasteiger partial charge in [0.15, 0.2) is 0 Å². The summed E-state index contributed by atoms with van der Waals surface area (Å²) in [5, 5.41) is 9.87. The number of aliphatic hydroxyl groups is 1. The Bertz CT molecular complexity index is 174. The highest BCUT2D eigenvalue weighted by Crippen LogP contribution is 2.05. The summed E-state index contributed by atoms with van der Waals surface area (Å²) in [7, 11) is 1.64. The molecule has 0 aromatic rings. The van der Waals surface area contributed by atoms with Crippen LogP contribution in [0.5, 0.6) is 0 Å². The molecule has 0 fully saturated rings. The van der Waals surface area contributed by atoms with E-state index in [4.69, 9.17) is 9.47 Å². The first-order valence-electron chi connectivity index (χ1n) is 6.46. The van der Waals surface area contributed by atoms with E-state index in [1.165, 1.54) is 0 Å². The molecule has 0 amide bonds. The Morgan fingerprint density at radius 2 is 1.71 bits per heavy atom. The van der Waals surface area contributed by atoms with Crippen LogP contribution in [0.15, 0.2) is 0 Å². The number of ether oxygens (including phenoxy) is 2. The van der Waals surface area contributed by atoms with Crippen LogP contribution in [-0.2, 0) is 9.47 Å². The molecule has 0 saturated carbocycles. The smallest absolute Gasteiger partial charge is 0.0900 e. The van der Waals surface area contributed by atoms with Crippen molar-refractivity contribution in [1.29, 1.82) is 0 Å². The summed E-state index contributed by atoms with van der Waals surface area (Å²) in [6.07, 6.45) is -0.423. The SMILES string of the molecule is COCCOCC(O)CN(CC(C)C)C(C)C. The average molecular weight is 247 g/mol. The molecule has 1 atom stereocenters. The van der Waals surface area contributed by atoms with Crippen LogP contribution in [0.2, 0.25) is 0 Å². The summed E-state index contributed by atoms with van der Waals surface area (Å²) < 4.78 is 10.2. The molecule has 1 N–H and O–H groups in total. The maximum absolute atomic E-state index is 9.87. The van der Waals surface area contributed by atoms with Crippen molar-refractivity contribution in [1.82, 2.24) is 4.90 Å². The Labute approximate surface area is 106 Å². The molecule has 0 rings (SSSR count). The lowest BCUT2D eigenvalue weighted by Crippen LogP contribution is -2.41. The maximum Gasteiger partial charge on any atom is 0.0900 e. The second-order valence-electron chi connectivity index (χ2n) is 5.16. The van der Waals surface area contributed by atoms with E-state index in [0.717, 1.165) is 6.54 Å². The molecular formula is C13H29NO3. The Morgan fingerprint density at radius 3 is 2.18 bits per heavy atom. The zero-order valence-electron chi connectivity index (χ0n) is 12.0. The fourth-order valence-corrected chi connectivity index (χ4v) is 1.65. The van der Waals surface area contributed by atoms with E-state index >= 15 is 0 Å². The molecule has 0 heterocycles. The highest BCUT2D eigenvalue weighted by atomic mass is 16.5. The van der Waals surface area contributed by atoms with E-state index in [0.29, 0.717) is 38.3 Å². The number of aliphatic hydroxyl groups excluding tert-OH is 1. The third kappa shape index (κ3) is 9.53. The fourth-order valence-electron chi connectivity index (χ4n) is 1.65. The van der Waals surface area contributed by atoms with Crippen LogP contribution in [0.25, 0.3) is 0 Å². The summed E-state index contributed by atoms with van der Waals surface area (Å²) >= 11 is 0. The molecule has 0 aromatic heterocycles. The van der Waals surface area contributed by atoms with E-state index < -0.39 is 6.10 Å². The van der Waals surface area contributed by atoms with Gasteiger partial charge in [0, 0.05) is 26.2 Å². The molecular weight excluding hydrogens is 218 g/mol. The van der Waals surface area contributed by atoms with Crippen LogP contribution in [0, 0.1) is 5.92 Å². The van der Waals surface area contributed by atoms with Crippen LogP contribution in [0.4, 0.5) is 0 Å². The van der Waals surface area contributed by atoms with E-state index in [1.54, 1.807) is 7.11 Å². The molecule has 0 aromatic carbocycles. The van der Waals surface area contributed by atoms with E-state index in [1.807, 2.05) is 0 Å². The molecule has 0 aliphatic carbocycles. The molecule has 0 spiro atoms. The highest BCUT2D eigenvalue weighted by Gasteiger charge is 2.15. The molecule has 104 valence electrons. The Balaban J connectivity index is 3.83. The van der Waals surface area contributed by atoms with Gasteiger partial charge in [0.25, 0.3) is 0 Å². The number of rotatable bonds is 10. The minimum atomic E-state index is -0.423. The van der Waals surface area contributed by atoms with Crippen LogP contribution >= 0.6 is 0 Å². The minimum Gasteiger partial charge on any atom is -0.389 e. The van der Waals surface area contributed by atoms with Crippen LogP contribution < -0.4 is 0 Å². The van der Waals surface area contributed by atoms with Gasteiger partial charge in [0.1, 0.15) is 0 Å². The molecule has 0 bridgehead atoms. The van der Waals surface area contributed by atoms with Crippen LogP contribution in [0.3, 0.4) is 0 Å². The lowest BCUT2D eigenvalue weighted by molar-refractivity contribution is -0.00604. The monoisotopic (exact) mass is 247 g/mol. The van der Waals surface area contributed by atoms with Crippen molar-refractivity contribution >= 4 is 0 Å². The predicted molar refractivity (Wildman–Crippen MR) is 70.2 cm³/mol. The Kier molecular flexibility index (Phi) is 9.74. The third-order valence-electron chi connectivity index (χ3n) is 2.52. The summed E-state index contributed by atoms with van der Waals surface area (Å²) in [5.74, 6) is 0.610. The van der Waals surface area contributed by atoms with Crippen molar-refractivity contribution in [3.8, 4) is 0 Å². The zero-order valence-corrected chi connectivity index (χ0v) is 12.0. The topological polar surface area (TPSA) is 41.9 Å². The normalized spacial score (nSPS) is 13.9. The summed E-state index contributed by atoms with van der Waals surface area (Å²) in [6, 6.07) is 0.450. The van der Waals surface area contributed by atoms with E-state index in [-0.39, 0.29) is 0 Å². The first-order chi connectivity index (χ1) is 7.97. The first kappa shape index (κ1) is 16.8. The second-order valence-corrected chi connectivity index (χ2v) is 5.16. The summed E-state index contributed by atoms with van der Waals surface area (Å²) in [5.41, 5.74) is 0. The van der Waals surface area contributed by atoms with Gasteiger partial charge in [0.05, 0.1) is 25.9 Å². The molecule has 1 unspecified atom stereocenters. The van der Waals surface area contributed by atoms with Crippen molar-refractivity contribution in [2.45, 2.75) is 39.8 Å². The lowest BCUT2D eigenvalue weighted by atomic mass is 10.1. The van der Waals surface area contributed by atoms with Crippen LogP contribution in [-0.4, -0.2) is 62.2 Å².